The van der Waals surface area contributed by atoms with Crippen LogP contribution in [0.2, 0.25) is 0 Å². The van der Waals surface area contributed by atoms with Gasteiger partial charge in [0.2, 0.25) is 11.8 Å². The van der Waals surface area contributed by atoms with Crippen molar-refractivity contribution in [2.45, 2.75) is 6.42 Å². The van der Waals surface area contributed by atoms with E-state index in [1.807, 2.05) is 0 Å². The van der Waals surface area contributed by atoms with Gasteiger partial charge in [0, 0.05) is 5.56 Å². The summed E-state index contributed by atoms with van der Waals surface area (Å²) >= 11 is 0. The molecule has 1 rings (SSSR count). The van der Waals surface area contributed by atoms with Crippen molar-refractivity contribution in [3.8, 4) is 11.8 Å². The summed E-state index contributed by atoms with van der Waals surface area (Å²) in [4.78, 5) is 21.4. The van der Waals surface area contributed by atoms with Gasteiger partial charge < -0.3 is 11.5 Å². The molecule has 0 aromatic heterocycles. The third kappa shape index (κ3) is 3.10. The molecule has 0 fully saturated rings. The number of primary amides is 2. The molecule has 0 saturated heterocycles. The van der Waals surface area contributed by atoms with Crippen LogP contribution in [0, 0.1) is 17.7 Å². The lowest BCUT2D eigenvalue weighted by atomic mass is 10.1. The molecule has 0 aliphatic rings. The monoisotopic (exact) mass is 220 g/mol. The van der Waals surface area contributed by atoms with Crippen LogP contribution >= 0.6 is 0 Å². The minimum absolute atomic E-state index is 0.110. The van der Waals surface area contributed by atoms with Gasteiger partial charge in [-0.25, -0.2) is 4.39 Å². The van der Waals surface area contributed by atoms with Crippen molar-refractivity contribution in [2.24, 2.45) is 11.5 Å². The average Bonchev–Trinajstić information content (AvgIpc) is 2.16. The zero-order chi connectivity index (χ0) is 12.1. The molecule has 4 nitrogen and oxygen atoms in total. The van der Waals surface area contributed by atoms with Crippen molar-refractivity contribution in [2.75, 3.05) is 0 Å². The first-order chi connectivity index (χ1) is 7.50. The van der Waals surface area contributed by atoms with Crippen LogP contribution in [0.15, 0.2) is 18.2 Å². The predicted molar refractivity (Wildman–Crippen MR) is 55.6 cm³/mol. The third-order valence-corrected chi connectivity index (χ3v) is 1.73. The summed E-state index contributed by atoms with van der Waals surface area (Å²) in [6.07, 6.45) is -0.158. The molecule has 2 amide bonds. The Morgan fingerprint density at radius 1 is 1.31 bits per heavy atom. The number of halogens is 1. The number of amides is 2. The molecule has 0 bridgehead atoms. The van der Waals surface area contributed by atoms with E-state index in [0.29, 0.717) is 0 Å². The predicted octanol–water partition coefficient (Wildman–Crippen LogP) is 0.152. The normalized spacial score (nSPS) is 9.06. The summed E-state index contributed by atoms with van der Waals surface area (Å²) < 4.78 is 12.9. The lowest BCUT2D eigenvalue weighted by Gasteiger charge is -1.99. The summed E-state index contributed by atoms with van der Waals surface area (Å²) in [5, 5.41) is 0. The number of carbonyl (C=O) groups excluding carboxylic acids is 2. The summed E-state index contributed by atoms with van der Waals surface area (Å²) in [6.45, 7) is 0. The first-order valence-corrected chi connectivity index (χ1v) is 4.37. The third-order valence-electron chi connectivity index (χ3n) is 1.73. The minimum atomic E-state index is -0.705. The lowest BCUT2D eigenvalue weighted by Crippen LogP contribution is -2.13. The Hall–Kier alpha value is -2.35. The van der Waals surface area contributed by atoms with Crippen LogP contribution in [-0.2, 0) is 4.79 Å². The largest absolute Gasteiger partial charge is 0.369 e. The number of benzene rings is 1. The fraction of sp³-hybridized carbons (Fsp3) is 0.0909. The number of hydrogen-bond donors (Lipinski definition) is 2. The maximum Gasteiger partial charge on any atom is 0.249 e. The molecule has 0 radical (unpaired) electrons. The van der Waals surface area contributed by atoms with E-state index in [0.717, 1.165) is 12.1 Å². The Labute approximate surface area is 91.4 Å². The standard InChI is InChI=1S/C11H9FN2O2/c12-8-4-5-9(11(14)16)7(6-8)2-1-3-10(13)15/h4-6H,3H2,(H2,13,15)(H2,14,16). The quantitative estimate of drug-likeness (QED) is 0.695. The Bertz CT molecular complexity index is 500. The van der Waals surface area contributed by atoms with E-state index in [4.69, 9.17) is 11.5 Å². The molecular weight excluding hydrogens is 211 g/mol. The van der Waals surface area contributed by atoms with Crippen LogP contribution in [0.3, 0.4) is 0 Å². The smallest absolute Gasteiger partial charge is 0.249 e. The number of nitrogens with two attached hydrogens (primary N) is 2. The Kier molecular flexibility index (Phi) is 3.62. The average molecular weight is 220 g/mol. The first kappa shape index (κ1) is 11.7. The number of rotatable bonds is 2. The van der Waals surface area contributed by atoms with Gasteiger partial charge in [0.15, 0.2) is 0 Å². The van der Waals surface area contributed by atoms with Crippen molar-refractivity contribution in [3.05, 3.63) is 35.1 Å². The van der Waals surface area contributed by atoms with E-state index in [9.17, 15) is 14.0 Å². The second kappa shape index (κ2) is 4.94. The summed E-state index contributed by atoms with van der Waals surface area (Å²) in [7, 11) is 0. The van der Waals surface area contributed by atoms with Crippen LogP contribution in [0.4, 0.5) is 4.39 Å². The fourth-order valence-electron chi connectivity index (χ4n) is 1.06. The molecule has 82 valence electrons. The van der Waals surface area contributed by atoms with Crippen molar-refractivity contribution < 1.29 is 14.0 Å². The van der Waals surface area contributed by atoms with Crippen LogP contribution in [0.5, 0.6) is 0 Å². The van der Waals surface area contributed by atoms with Gasteiger partial charge in [-0.15, -0.1) is 0 Å². The van der Waals surface area contributed by atoms with E-state index >= 15 is 0 Å². The zero-order valence-corrected chi connectivity index (χ0v) is 8.29. The number of hydrogen-bond acceptors (Lipinski definition) is 2. The maximum atomic E-state index is 12.9. The van der Waals surface area contributed by atoms with E-state index in [-0.39, 0.29) is 17.5 Å². The van der Waals surface area contributed by atoms with Gasteiger partial charge in [0.05, 0.1) is 12.0 Å². The van der Waals surface area contributed by atoms with Crippen LogP contribution < -0.4 is 11.5 Å². The van der Waals surface area contributed by atoms with Crippen molar-refractivity contribution in [1.82, 2.24) is 0 Å². The van der Waals surface area contributed by atoms with Gasteiger partial charge >= 0.3 is 0 Å². The topological polar surface area (TPSA) is 86.2 Å². The SMILES string of the molecule is NC(=O)CC#Cc1cc(F)ccc1C(N)=O. The summed E-state index contributed by atoms with van der Waals surface area (Å²) in [5.74, 6) is 3.07. The van der Waals surface area contributed by atoms with E-state index in [1.165, 1.54) is 6.07 Å². The fourth-order valence-corrected chi connectivity index (χ4v) is 1.06. The van der Waals surface area contributed by atoms with Gasteiger partial charge in [-0.05, 0) is 18.2 Å². The first-order valence-electron chi connectivity index (χ1n) is 4.37. The van der Waals surface area contributed by atoms with Crippen LogP contribution in [0.1, 0.15) is 22.3 Å². The van der Waals surface area contributed by atoms with Crippen molar-refractivity contribution in [1.29, 1.82) is 0 Å². The van der Waals surface area contributed by atoms with Gasteiger partial charge in [0.25, 0.3) is 0 Å². The van der Waals surface area contributed by atoms with Gasteiger partial charge in [0.1, 0.15) is 5.82 Å². The molecule has 0 aliphatic heterocycles. The Morgan fingerprint density at radius 3 is 2.56 bits per heavy atom. The second-order valence-corrected chi connectivity index (χ2v) is 3.00. The molecule has 4 N–H and O–H groups in total. The molecular formula is C11H9FN2O2. The van der Waals surface area contributed by atoms with Crippen LogP contribution in [-0.4, -0.2) is 11.8 Å². The molecule has 1 aromatic rings. The van der Waals surface area contributed by atoms with Crippen LogP contribution in [0.25, 0.3) is 0 Å². The highest BCUT2D eigenvalue weighted by atomic mass is 19.1. The molecule has 1 aromatic carbocycles. The highest BCUT2D eigenvalue weighted by Gasteiger charge is 2.06. The van der Waals surface area contributed by atoms with Crippen molar-refractivity contribution >= 4 is 11.8 Å². The maximum absolute atomic E-state index is 12.9. The molecule has 0 atom stereocenters. The van der Waals surface area contributed by atoms with Gasteiger partial charge in [-0.1, -0.05) is 11.8 Å². The Morgan fingerprint density at radius 2 is 2.00 bits per heavy atom. The minimum Gasteiger partial charge on any atom is -0.369 e. The molecule has 0 unspecified atom stereocenters. The molecule has 16 heavy (non-hydrogen) atoms. The van der Waals surface area contributed by atoms with Gasteiger partial charge in [-0.3, -0.25) is 9.59 Å². The zero-order valence-electron chi connectivity index (χ0n) is 8.29. The van der Waals surface area contributed by atoms with Gasteiger partial charge in [-0.2, -0.15) is 0 Å². The molecule has 5 heteroatoms. The Balaban J connectivity index is 3.08. The molecule has 0 heterocycles. The lowest BCUT2D eigenvalue weighted by molar-refractivity contribution is -0.117. The van der Waals surface area contributed by atoms with E-state index in [1.54, 1.807) is 0 Å². The summed E-state index contributed by atoms with van der Waals surface area (Å²) in [6, 6.07) is 3.43. The molecule has 0 spiro atoms. The summed E-state index contributed by atoms with van der Waals surface area (Å²) in [5.41, 5.74) is 10.2. The number of carbonyl (C=O) groups is 2. The second-order valence-electron chi connectivity index (χ2n) is 3.00. The molecule has 0 saturated carbocycles. The molecule has 0 aliphatic carbocycles. The van der Waals surface area contributed by atoms with E-state index < -0.39 is 17.6 Å². The van der Waals surface area contributed by atoms with Crippen molar-refractivity contribution in [3.63, 3.8) is 0 Å². The highest BCUT2D eigenvalue weighted by molar-refractivity contribution is 5.95. The van der Waals surface area contributed by atoms with E-state index in [2.05, 4.69) is 11.8 Å². The highest BCUT2D eigenvalue weighted by Crippen LogP contribution is 2.09.